The summed E-state index contributed by atoms with van der Waals surface area (Å²) in [6, 6.07) is 5.28. The van der Waals surface area contributed by atoms with Crippen molar-refractivity contribution in [2.75, 3.05) is 13.2 Å². The van der Waals surface area contributed by atoms with E-state index in [-0.39, 0.29) is 23.7 Å². The number of rotatable bonds is 6. The molecule has 26 heavy (non-hydrogen) atoms. The summed E-state index contributed by atoms with van der Waals surface area (Å²) in [7, 11) is 0. The van der Waals surface area contributed by atoms with E-state index in [9.17, 15) is 14.0 Å². The minimum Gasteiger partial charge on any atom is -0.490 e. The monoisotopic (exact) mass is 365 g/mol. The van der Waals surface area contributed by atoms with Crippen molar-refractivity contribution in [3.05, 3.63) is 30.1 Å². The zero-order valence-electron chi connectivity index (χ0n) is 16.0. The maximum Gasteiger partial charge on any atom is 0.329 e. The molecule has 0 N–H and O–H groups in total. The molecule has 1 aliphatic rings. The molecule has 0 radical (unpaired) electrons. The quantitative estimate of drug-likeness (QED) is 0.723. The lowest BCUT2D eigenvalue weighted by Crippen LogP contribution is -2.43. The molecule has 2 unspecified atom stereocenters. The Morgan fingerprint density at radius 3 is 2.73 bits per heavy atom. The van der Waals surface area contributed by atoms with E-state index in [0.717, 1.165) is 6.42 Å². The fourth-order valence-corrected chi connectivity index (χ4v) is 2.95. The van der Waals surface area contributed by atoms with Crippen molar-refractivity contribution in [3.63, 3.8) is 0 Å². The SMILES string of the molecule is CC(COc1cccc(F)c1)OC(=O)C1CCCN1C(=O)CC(C)(C)C. The standard InChI is InChI=1S/C20H28FNO4/c1-14(13-25-16-8-5-7-15(21)11-16)26-19(24)17-9-6-10-22(17)18(23)12-20(2,3)4/h5,7-8,11,14,17H,6,9-10,12-13H2,1-4H3. The Morgan fingerprint density at radius 1 is 1.35 bits per heavy atom. The Kier molecular flexibility index (Phi) is 6.62. The Morgan fingerprint density at radius 2 is 2.08 bits per heavy atom. The first-order valence-corrected chi connectivity index (χ1v) is 9.04. The van der Waals surface area contributed by atoms with Gasteiger partial charge in [-0.25, -0.2) is 9.18 Å². The van der Waals surface area contributed by atoms with Crippen LogP contribution in [0.5, 0.6) is 5.75 Å². The van der Waals surface area contributed by atoms with E-state index in [1.165, 1.54) is 12.1 Å². The van der Waals surface area contributed by atoms with Gasteiger partial charge < -0.3 is 14.4 Å². The molecule has 0 aromatic heterocycles. The van der Waals surface area contributed by atoms with Crippen LogP contribution in [0.4, 0.5) is 4.39 Å². The van der Waals surface area contributed by atoms with Crippen LogP contribution in [-0.2, 0) is 14.3 Å². The van der Waals surface area contributed by atoms with Crippen LogP contribution in [0, 0.1) is 11.2 Å². The lowest BCUT2D eigenvalue weighted by atomic mass is 9.91. The second-order valence-corrected chi connectivity index (χ2v) is 8.00. The van der Waals surface area contributed by atoms with Gasteiger partial charge in [0, 0.05) is 19.0 Å². The number of carbonyl (C=O) groups excluding carboxylic acids is 2. The van der Waals surface area contributed by atoms with Crippen molar-refractivity contribution in [1.29, 1.82) is 0 Å². The summed E-state index contributed by atoms with van der Waals surface area (Å²) in [5, 5.41) is 0. The van der Waals surface area contributed by atoms with Crippen molar-refractivity contribution < 1.29 is 23.5 Å². The summed E-state index contributed by atoms with van der Waals surface area (Å²) in [4.78, 5) is 26.6. The molecule has 144 valence electrons. The molecule has 5 nitrogen and oxygen atoms in total. The number of esters is 1. The first kappa shape index (κ1) is 20.2. The number of ether oxygens (including phenoxy) is 2. The molecular formula is C20H28FNO4. The number of nitrogens with zero attached hydrogens (tertiary/aromatic N) is 1. The van der Waals surface area contributed by atoms with Gasteiger partial charge in [0.15, 0.2) is 0 Å². The Hall–Kier alpha value is -2.11. The number of carbonyl (C=O) groups is 2. The van der Waals surface area contributed by atoms with Gasteiger partial charge in [0.05, 0.1) is 0 Å². The molecule has 1 aromatic rings. The van der Waals surface area contributed by atoms with Crippen LogP contribution in [0.1, 0.15) is 47.0 Å². The molecule has 1 amide bonds. The predicted octanol–water partition coefficient (Wildman–Crippen LogP) is 3.56. The Labute approximate surface area is 154 Å². The average molecular weight is 365 g/mol. The molecular weight excluding hydrogens is 337 g/mol. The van der Waals surface area contributed by atoms with E-state index in [4.69, 9.17) is 9.47 Å². The highest BCUT2D eigenvalue weighted by atomic mass is 19.1. The van der Waals surface area contributed by atoms with E-state index in [2.05, 4.69) is 0 Å². The zero-order chi connectivity index (χ0) is 19.3. The van der Waals surface area contributed by atoms with Crippen molar-refractivity contribution >= 4 is 11.9 Å². The van der Waals surface area contributed by atoms with Gasteiger partial charge in [-0.3, -0.25) is 4.79 Å². The number of hydrogen-bond donors (Lipinski definition) is 0. The summed E-state index contributed by atoms with van der Waals surface area (Å²) in [6.07, 6.45) is 1.32. The van der Waals surface area contributed by atoms with Crippen LogP contribution >= 0.6 is 0 Å². The van der Waals surface area contributed by atoms with Crippen molar-refractivity contribution in [1.82, 2.24) is 4.90 Å². The fraction of sp³-hybridized carbons (Fsp3) is 0.600. The van der Waals surface area contributed by atoms with Crippen LogP contribution in [0.3, 0.4) is 0 Å². The number of benzene rings is 1. The van der Waals surface area contributed by atoms with Crippen LogP contribution in [0.25, 0.3) is 0 Å². The van der Waals surface area contributed by atoms with Gasteiger partial charge in [-0.2, -0.15) is 0 Å². The number of halogens is 1. The van der Waals surface area contributed by atoms with Gasteiger partial charge in [-0.05, 0) is 37.3 Å². The van der Waals surface area contributed by atoms with Gasteiger partial charge in [0.2, 0.25) is 5.91 Å². The third-order valence-corrected chi connectivity index (χ3v) is 4.12. The van der Waals surface area contributed by atoms with E-state index in [0.29, 0.717) is 25.1 Å². The molecule has 0 aliphatic carbocycles. The zero-order valence-corrected chi connectivity index (χ0v) is 16.0. The highest BCUT2D eigenvalue weighted by Gasteiger charge is 2.36. The second-order valence-electron chi connectivity index (χ2n) is 8.00. The minimum atomic E-state index is -0.526. The van der Waals surface area contributed by atoms with Gasteiger partial charge in [-0.1, -0.05) is 26.8 Å². The summed E-state index contributed by atoms with van der Waals surface area (Å²) >= 11 is 0. The second kappa shape index (κ2) is 8.52. The summed E-state index contributed by atoms with van der Waals surface area (Å²) in [6.45, 7) is 8.43. The van der Waals surface area contributed by atoms with E-state index >= 15 is 0 Å². The normalized spacial score (nSPS) is 18.5. The molecule has 0 saturated carbocycles. The van der Waals surface area contributed by atoms with Crippen molar-refractivity contribution in [3.8, 4) is 5.75 Å². The average Bonchev–Trinajstić information content (AvgIpc) is 3.01. The van der Waals surface area contributed by atoms with Gasteiger partial charge >= 0.3 is 5.97 Å². The minimum absolute atomic E-state index is 0.0133. The number of hydrogen-bond acceptors (Lipinski definition) is 4. The highest BCUT2D eigenvalue weighted by Crippen LogP contribution is 2.25. The maximum atomic E-state index is 13.1. The van der Waals surface area contributed by atoms with Crippen LogP contribution in [0.2, 0.25) is 0 Å². The lowest BCUT2D eigenvalue weighted by molar-refractivity contribution is -0.158. The number of amides is 1. The molecule has 1 aromatic carbocycles. The van der Waals surface area contributed by atoms with E-state index in [1.54, 1.807) is 24.0 Å². The summed E-state index contributed by atoms with van der Waals surface area (Å²) in [5.74, 6) is -0.414. The van der Waals surface area contributed by atoms with Crippen LogP contribution in [-0.4, -0.2) is 42.1 Å². The Balaban J connectivity index is 1.86. The summed E-state index contributed by atoms with van der Waals surface area (Å²) in [5.41, 5.74) is -0.125. The van der Waals surface area contributed by atoms with Gasteiger partial charge in [0.1, 0.15) is 30.3 Å². The first-order valence-electron chi connectivity index (χ1n) is 9.04. The lowest BCUT2D eigenvalue weighted by Gasteiger charge is -2.27. The van der Waals surface area contributed by atoms with Crippen LogP contribution < -0.4 is 4.74 Å². The van der Waals surface area contributed by atoms with Crippen molar-refractivity contribution in [2.45, 2.75) is 59.1 Å². The molecule has 1 fully saturated rings. The van der Waals surface area contributed by atoms with Crippen LogP contribution in [0.15, 0.2) is 24.3 Å². The third-order valence-electron chi connectivity index (χ3n) is 4.12. The van der Waals surface area contributed by atoms with E-state index < -0.39 is 18.1 Å². The number of likely N-dealkylation sites (tertiary alicyclic amines) is 1. The fourth-order valence-electron chi connectivity index (χ4n) is 2.95. The summed E-state index contributed by atoms with van der Waals surface area (Å²) < 4.78 is 24.0. The molecule has 0 bridgehead atoms. The molecule has 1 aliphatic heterocycles. The molecule has 2 atom stereocenters. The van der Waals surface area contributed by atoms with Crippen molar-refractivity contribution in [2.24, 2.45) is 5.41 Å². The molecule has 2 rings (SSSR count). The largest absolute Gasteiger partial charge is 0.490 e. The smallest absolute Gasteiger partial charge is 0.329 e. The van der Waals surface area contributed by atoms with Gasteiger partial charge in [-0.15, -0.1) is 0 Å². The molecule has 6 heteroatoms. The third kappa shape index (κ3) is 6.00. The highest BCUT2D eigenvalue weighted by molar-refractivity contribution is 5.85. The first-order chi connectivity index (χ1) is 12.2. The topological polar surface area (TPSA) is 55.8 Å². The van der Waals surface area contributed by atoms with Gasteiger partial charge in [0.25, 0.3) is 0 Å². The predicted molar refractivity (Wildman–Crippen MR) is 96.3 cm³/mol. The maximum absolute atomic E-state index is 13.1. The molecule has 1 heterocycles. The molecule has 0 spiro atoms. The Bertz CT molecular complexity index is 641. The molecule has 1 saturated heterocycles. The van der Waals surface area contributed by atoms with E-state index in [1.807, 2.05) is 20.8 Å².